The average Bonchev–Trinajstić information content (AvgIpc) is 2.48. The van der Waals surface area contributed by atoms with Gasteiger partial charge in [0.25, 0.3) is 0 Å². The van der Waals surface area contributed by atoms with Gasteiger partial charge in [0, 0.05) is 6.04 Å². The third-order valence-electron chi connectivity index (χ3n) is 4.11. The van der Waals surface area contributed by atoms with Crippen LogP contribution in [0.25, 0.3) is 0 Å². The predicted molar refractivity (Wildman–Crippen MR) is 78.5 cm³/mol. The number of benzene rings is 1. The molecule has 2 nitrogen and oxygen atoms in total. The van der Waals surface area contributed by atoms with Gasteiger partial charge in [0.15, 0.2) is 0 Å². The summed E-state index contributed by atoms with van der Waals surface area (Å²) in [5.74, 6) is 0.929. The van der Waals surface area contributed by atoms with Crippen LogP contribution in [-0.2, 0) is 6.42 Å². The molecule has 19 heavy (non-hydrogen) atoms. The molecule has 1 aliphatic heterocycles. The Hall–Kier alpha value is -1.54. The summed E-state index contributed by atoms with van der Waals surface area (Å²) in [7, 11) is 1.71. The zero-order valence-corrected chi connectivity index (χ0v) is 11.5. The Bertz CT molecular complexity index is 498. The third-order valence-corrected chi connectivity index (χ3v) is 4.11. The molecule has 1 heterocycles. The highest BCUT2D eigenvalue weighted by Gasteiger charge is 2.22. The second-order valence-electron chi connectivity index (χ2n) is 5.31. The third kappa shape index (κ3) is 2.74. The van der Waals surface area contributed by atoms with Gasteiger partial charge in [-0.3, -0.25) is 0 Å². The molecule has 2 aliphatic rings. The van der Waals surface area contributed by atoms with Crippen molar-refractivity contribution in [3.63, 3.8) is 0 Å². The van der Waals surface area contributed by atoms with Crippen LogP contribution in [0.2, 0.25) is 0 Å². The number of hydrogen-bond donors (Lipinski definition) is 1. The number of hydrogen-bond acceptors (Lipinski definition) is 2. The minimum absolute atomic E-state index is 0.480. The lowest BCUT2D eigenvalue weighted by Gasteiger charge is -2.30. The van der Waals surface area contributed by atoms with Crippen LogP contribution in [0.5, 0.6) is 5.75 Å². The summed E-state index contributed by atoms with van der Waals surface area (Å²) in [6, 6.07) is 8.91. The van der Waals surface area contributed by atoms with E-state index in [0.717, 1.165) is 18.7 Å². The van der Waals surface area contributed by atoms with Gasteiger partial charge in [-0.15, -0.1) is 0 Å². The van der Waals surface area contributed by atoms with Gasteiger partial charge in [-0.2, -0.15) is 0 Å². The number of allylic oxidation sites excluding steroid dienone is 1. The van der Waals surface area contributed by atoms with Crippen molar-refractivity contribution in [2.24, 2.45) is 0 Å². The van der Waals surface area contributed by atoms with Crippen LogP contribution in [0.1, 0.15) is 24.8 Å². The monoisotopic (exact) mass is 255 g/mol. The Kier molecular flexibility index (Phi) is 3.69. The van der Waals surface area contributed by atoms with Crippen molar-refractivity contribution >= 4 is 0 Å². The van der Waals surface area contributed by atoms with Gasteiger partial charge in [-0.1, -0.05) is 29.9 Å². The van der Waals surface area contributed by atoms with Crippen LogP contribution in [0, 0.1) is 0 Å². The molecule has 0 spiro atoms. The molecule has 0 unspecified atom stereocenters. The molecule has 0 bridgehead atoms. The van der Waals surface area contributed by atoms with E-state index in [-0.39, 0.29) is 0 Å². The maximum atomic E-state index is 5.21. The lowest BCUT2D eigenvalue weighted by molar-refractivity contribution is 0.414. The number of nitrogens with one attached hydrogen (secondary N) is 1. The molecule has 0 radical (unpaired) electrons. The summed E-state index contributed by atoms with van der Waals surface area (Å²) in [6.07, 6.45) is 9.40. The van der Waals surface area contributed by atoms with Crippen molar-refractivity contribution in [3.8, 4) is 5.75 Å². The number of ether oxygens (including phenoxy) is 1. The summed E-state index contributed by atoms with van der Waals surface area (Å²) in [4.78, 5) is 0. The standard InChI is InChI=1S/C17H21NO/c1-19-15-8-6-13(7-9-15)12-17-16-5-3-2-4-14(16)10-11-18-17/h3,5-9,17-18H,2,4,10-12H2,1H3/t17-/m0/s1. The zero-order valence-electron chi connectivity index (χ0n) is 11.5. The van der Waals surface area contributed by atoms with Crippen molar-refractivity contribution in [1.82, 2.24) is 5.32 Å². The normalized spacial score (nSPS) is 22.3. The molecular weight excluding hydrogens is 234 g/mol. The fourth-order valence-electron chi connectivity index (χ4n) is 3.05. The maximum Gasteiger partial charge on any atom is 0.118 e. The molecule has 0 amide bonds. The molecule has 0 saturated carbocycles. The first-order chi connectivity index (χ1) is 9.36. The van der Waals surface area contributed by atoms with Crippen LogP contribution in [0.15, 0.2) is 47.6 Å². The fraction of sp³-hybridized carbons (Fsp3) is 0.412. The molecule has 1 aromatic carbocycles. The number of rotatable bonds is 3. The second-order valence-corrected chi connectivity index (χ2v) is 5.31. The van der Waals surface area contributed by atoms with E-state index in [9.17, 15) is 0 Å². The summed E-state index contributed by atoms with van der Waals surface area (Å²) in [5, 5.41) is 3.66. The van der Waals surface area contributed by atoms with E-state index in [1.165, 1.54) is 30.4 Å². The van der Waals surface area contributed by atoms with E-state index < -0.39 is 0 Å². The highest BCUT2D eigenvalue weighted by atomic mass is 16.5. The van der Waals surface area contributed by atoms with Crippen molar-refractivity contribution in [2.75, 3.05) is 13.7 Å². The Balaban J connectivity index is 1.76. The topological polar surface area (TPSA) is 21.3 Å². The Labute approximate surface area is 115 Å². The summed E-state index contributed by atoms with van der Waals surface area (Å²) in [5.41, 5.74) is 4.57. The van der Waals surface area contributed by atoms with E-state index >= 15 is 0 Å². The highest BCUT2D eigenvalue weighted by molar-refractivity contribution is 5.38. The Morgan fingerprint density at radius 1 is 1.21 bits per heavy atom. The van der Waals surface area contributed by atoms with E-state index in [1.807, 2.05) is 12.1 Å². The van der Waals surface area contributed by atoms with Crippen LogP contribution >= 0.6 is 0 Å². The van der Waals surface area contributed by atoms with Gasteiger partial charge in [0.05, 0.1) is 7.11 Å². The highest BCUT2D eigenvalue weighted by Crippen LogP contribution is 2.28. The molecule has 0 saturated heterocycles. The summed E-state index contributed by atoms with van der Waals surface area (Å²) < 4.78 is 5.21. The SMILES string of the molecule is COc1ccc(C[C@@H]2NCCC3=C2C=CCC3)cc1. The van der Waals surface area contributed by atoms with Gasteiger partial charge in [-0.05, 0) is 55.5 Å². The fourth-order valence-corrected chi connectivity index (χ4v) is 3.05. The van der Waals surface area contributed by atoms with Crippen molar-refractivity contribution in [1.29, 1.82) is 0 Å². The minimum atomic E-state index is 0.480. The minimum Gasteiger partial charge on any atom is -0.497 e. The quantitative estimate of drug-likeness (QED) is 0.895. The largest absolute Gasteiger partial charge is 0.497 e. The van der Waals surface area contributed by atoms with Gasteiger partial charge >= 0.3 is 0 Å². The molecule has 1 aromatic rings. The lowest BCUT2D eigenvalue weighted by atomic mass is 9.85. The summed E-state index contributed by atoms with van der Waals surface area (Å²) in [6.45, 7) is 1.12. The number of methoxy groups -OCH3 is 1. The molecule has 0 fully saturated rings. The van der Waals surface area contributed by atoms with Crippen LogP contribution < -0.4 is 10.1 Å². The summed E-state index contributed by atoms with van der Waals surface area (Å²) >= 11 is 0. The maximum absolute atomic E-state index is 5.21. The first kappa shape index (κ1) is 12.5. The van der Waals surface area contributed by atoms with Crippen molar-refractivity contribution < 1.29 is 4.74 Å². The van der Waals surface area contributed by atoms with Gasteiger partial charge in [-0.25, -0.2) is 0 Å². The van der Waals surface area contributed by atoms with Crippen molar-refractivity contribution in [3.05, 3.63) is 53.1 Å². The van der Waals surface area contributed by atoms with Gasteiger partial charge in [0.2, 0.25) is 0 Å². The molecule has 3 rings (SSSR count). The lowest BCUT2D eigenvalue weighted by Crippen LogP contribution is -2.38. The second kappa shape index (κ2) is 5.62. The predicted octanol–water partition coefficient (Wildman–Crippen LogP) is 3.25. The molecular formula is C17H21NO. The van der Waals surface area contributed by atoms with E-state index in [2.05, 4.69) is 29.6 Å². The zero-order chi connectivity index (χ0) is 13.1. The molecule has 1 aliphatic carbocycles. The van der Waals surface area contributed by atoms with Crippen LogP contribution in [0.4, 0.5) is 0 Å². The molecule has 100 valence electrons. The van der Waals surface area contributed by atoms with E-state index in [0.29, 0.717) is 6.04 Å². The Morgan fingerprint density at radius 3 is 2.84 bits per heavy atom. The van der Waals surface area contributed by atoms with E-state index in [4.69, 9.17) is 4.74 Å². The average molecular weight is 255 g/mol. The first-order valence-electron chi connectivity index (χ1n) is 7.11. The van der Waals surface area contributed by atoms with Crippen molar-refractivity contribution in [2.45, 2.75) is 31.7 Å². The van der Waals surface area contributed by atoms with E-state index in [1.54, 1.807) is 12.7 Å². The smallest absolute Gasteiger partial charge is 0.118 e. The first-order valence-corrected chi connectivity index (χ1v) is 7.11. The Morgan fingerprint density at radius 2 is 2.05 bits per heavy atom. The molecule has 1 N–H and O–H groups in total. The molecule has 1 atom stereocenters. The van der Waals surface area contributed by atoms with Crippen LogP contribution in [0.3, 0.4) is 0 Å². The van der Waals surface area contributed by atoms with Crippen LogP contribution in [-0.4, -0.2) is 19.7 Å². The van der Waals surface area contributed by atoms with Gasteiger partial charge in [0.1, 0.15) is 5.75 Å². The molecule has 2 heteroatoms. The molecule has 0 aromatic heterocycles. The van der Waals surface area contributed by atoms with Gasteiger partial charge < -0.3 is 10.1 Å².